The fraction of sp³-hybridized carbons (Fsp3) is 0.0455. The molecule has 44 heavy (non-hydrogen) atoms. The van der Waals surface area contributed by atoms with Gasteiger partial charge in [0.05, 0.1) is 10.8 Å². The van der Waals surface area contributed by atoms with Crippen LogP contribution >= 0.6 is 0 Å². The summed E-state index contributed by atoms with van der Waals surface area (Å²) in [6.45, 7) is 0. The van der Waals surface area contributed by atoms with E-state index < -0.39 is 10.8 Å². The molecule has 2 spiro atoms. The first-order valence-corrected chi connectivity index (χ1v) is 15.5. The summed E-state index contributed by atoms with van der Waals surface area (Å²) in [5, 5.41) is 0. The van der Waals surface area contributed by atoms with Gasteiger partial charge in [-0.2, -0.15) is 0 Å². The second kappa shape index (κ2) is 8.56. The molecule has 0 N–H and O–H groups in total. The van der Waals surface area contributed by atoms with Crippen molar-refractivity contribution in [2.24, 2.45) is 0 Å². The van der Waals surface area contributed by atoms with Crippen LogP contribution in [0.1, 0.15) is 33.4 Å². The predicted octanol–water partition coefficient (Wildman–Crippen LogP) is 10.4. The maximum atomic E-state index is 2.67. The zero-order valence-electron chi connectivity index (χ0n) is 24.2. The summed E-state index contributed by atoms with van der Waals surface area (Å²) in [6.07, 6.45) is 5.33. The number of fused-ring (bicyclic) bond motifs is 12. The fourth-order valence-corrected chi connectivity index (χ4v) is 8.94. The van der Waals surface area contributed by atoms with Crippen LogP contribution in [-0.4, -0.2) is 0 Å². The molecule has 0 aromatic heterocycles. The zero-order valence-corrected chi connectivity index (χ0v) is 24.2. The Balaban J connectivity index is 1.42. The lowest BCUT2D eigenvalue weighted by atomic mass is 9.49. The highest BCUT2D eigenvalue weighted by molar-refractivity contribution is 6.19. The minimum absolute atomic E-state index is 0.427. The Morgan fingerprint density at radius 2 is 0.545 bits per heavy atom. The van der Waals surface area contributed by atoms with Crippen LogP contribution in [0.15, 0.2) is 181 Å². The summed E-state index contributed by atoms with van der Waals surface area (Å²) in [5.74, 6) is 0. The van der Waals surface area contributed by atoms with E-state index in [1.54, 1.807) is 0 Å². The first-order valence-electron chi connectivity index (χ1n) is 15.5. The normalized spacial score (nSPS) is 17.2. The molecule has 204 valence electrons. The summed E-state index contributed by atoms with van der Waals surface area (Å²) in [7, 11) is 0. The Morgan fingerprint density at radius 1 is 0.273 bits per heavy atom. The first-order chi connectivity index (χ1) is 21.8. The van der Waals surface area contributed by atoms with E-state index in [0.717, 1.165) is 0 Å². The molecule has 0 amide bonds. The van der Waals surface area contributed by atoms with Gasteiger partial charge in [0.15, 0.2) is 0 Å². The van der Waals surface area contributed by atoms with Crippen molar-refractivity contribution in [3.63, 3.8) is 0 Å². The summed E-state index contributed by atoms with van der Waals surface area (Å²) in [5.41, 5.74) is 18.0. The topological polar surface area (TPSA) is 0 Å². The van der Waals surface area contributed by atoms with E-state index in [0.29, 0.717) is 0 Å². The molecular weight excluding hydrogens is 528 g/mol. The van der Waals surface area contributed by atoms with Crippen molar-refractivity contribution in [1.82, 2.24) is 0 Å². The SMILES string of the molecule is C1=C2C(=CC3(c4ccccc4-c4ccccc43)C13c1ccccc1-c1ccccc13)C(c1ccccc1)=C2c1ccccc1. The lowest BCUT2D eigenvalue weighted by Crippen LogP contribution is -2.49. The third-order valence-electron chi connectivity index (χ3n) is 10.5. The van der Waals surface area contributed by atoms with Gasteiger partial charge in [-0.3, -0.25) is 0 Å². The van der Waals surface area contributed by atoms with Crippen LogP contribution in [0, 0.1) is 0 Å². The molecule has 0 saturated carbocycles. The fourth-order valence-electron chi connectivity index (χ4n) is 8.94. The van der Waals surface area contributed by atoms with E-state index in [4.69, 9.17) is 0 Å². The highest BCUT2D eigenvalue weighted by Crippen LogP contribution is 2.71. The van der Waals surface area contributed by atoms with E-state index in [1.807, 2.05) is 0 Å². The molecule has 0 radical (unpaired) electrons. The quantitative estimate of drug-likeness (QED) is 0.199. The average Bonchev–Trinajstić information content (AvgIpc) is 3.54. The summed E-state index contributed by atoms with van der Waals surface area (Å²) in [6, 6.07) is 58.5. The second-order valence-electron chi connectivity index (χ2n) is 12.4. The van der Waals surface area contributed by atoms with Crippen LogP contribution in [0.25, 0.3) is 33.4 Å². The van der Waals surface area contributed by atoms with Crippen molar-refractivity contribution < 1.29 is 0 Å². The van der Waals surface area contributed by atoms with Crippen LogP contribution in [0.2, 0.25) is 0 Å². The van der Waals surface area contributed by atoms with Gasteiger partial charge in [0.1, 0.15) is 0 Å². The van der Waals surface area contributed by atoms with E-state index in [1.165, 1.54) is 77.9 Å². The Morgan fingerprint density at radius 3 is 0.864 bits per heavy atom. The Kier molecular flexibility index (Phi) is 4.67. The monoisotopic (exact) mass is 556 g/mol. The molecule has 10 rings (SSSR count). The van der Waals surface area contributed by atoms with Crippen molar-refractivity contribution in [3.8, 4) is 22.3 Å². The van der Waals surface area contributed by atoms with Crippen molar-refractivity contribution in [2.75, 3.05) is 0 Å². The van der Waals surface area contributed by atoms with Gasteiger partial charge in [0, 0.05) is 0 Å². The Hall–Kier alpha value is -5.46. The van der Waals surface area contributed by atoms with Crippen molar-refractivity contribution in [1.29, 1.82) is 0 Å². The van der Waals surface area contributed by atoms with Gasteiger partial charge in [-0.05, 0) is 77.9 Å². The molecule has 4 aliphatic rings. The number of allylic oxidation sites excluding steroid dienone is 6. The van der Waals surface area contributed by atoms with Crippen LogP contribution < -0.4 is 0 Å². The maximum Gasteiger partial charge on any atom is 0.0576 e. The van der Waals surface area contributed by atoms with Gasteiger partial charge in [0.2, 0.25) is 0 Å². The molecule has 6 aromatic rings. The molecule has 0 unspecified atom stereocenters. The Labute approximate surface area is 258 Å². The van der Waals surface area contributed by atoms with Gasteiger partial charge in [0.25, 0.3) is 0 Å². The predicted molar refractivity (Wildman–Crippen MR) is 181 cm³/mol. The molecular formula is C44H28. The third-order valence-corrected chi connectivity index (χ3v) is 10.5. The van der Waals surface area contributed by atoms with Crippen LogP contribution in [0.5, 0.6) is 0 Å². The van der Waals surface area contributed by atoms with Gasteiger partial charge in [-0.1, -0.05) is 170 Å². The van der Waals surface area contributed by atoms with Crippen molar-refractivity contribution in [2.45, 2.75) is 10.8 Å². The van der Waals surface area contributed by atoms with E-state index in [9.17, 15) is 0 Å². The van der Waals surface area contributed by atoms with Crippen molar-refractivity contribution >= 4 is 11.1 Å². The van der Waals surface area contributed by atoms with Gasteiger partial charge < -0.3 is 0 Å². The van der Waals surface area contributed by atoms with Gasteiger partial charge in [-0.25, -0.2) is 0 Å². The number of hydrogen-bond acceptors (Lipinski definition) is 0. The molecule has 0 saturated heterocycles. The summed E-state index contributed by atoms with van der Waals surface area (Å²) < 4.78 is 0. The van der Waals surface area contributed by atoms with Gasteiger partial charge >= 0.3 is 0 Å². The molecule has 6 aromatic carbocycles. The zero-order chi connectivity index (χ0) is 28.9. The number of benzene rings is 6. The largest absolute Gasteiger partial charge is 0.0622 e. The first kappa shape index (κ1) is 24.0. The second-order valence-corrected chi connectivity index (χ2v) is 12.4. The van der Waals surface area contributed by atoms with E-state index in [-0.39, 0.29) is 0 Å². The molecule has 0 atom stereocenters. The van der Waals surface area contributed by atoms with E-state index >= 15 is 0 Å². The summed E-state index contributed by atoms with van der Waals surface area (Å²) >= 11 is 0. The number of rotatable bonds is 2. The molecule has 0 aliphatic heterocycles. The highest BCUT2D eigenvalue weighted by Gasteiger charge is 2.63. The lowest BCUT2D eigenvalue weighted by molar-refractivity contribution is 0.458. The highest BCUT2D eigenvalue weighted by atomic mass is 14.6. The van der Waals surface area contributed by atoms with Gasteiger partial charge in [-0.15, -0.1) is 0 Å². The average molecular weight is 557 g/mol. The Bertz CT molecular complexity index is 2010. The van der Waals surface area contributed by atoms with Crippen molar-refractivity contribution in [3.05, 3.63) is 214 Å². The number of hydrogen-bond donors (Lipinski definition) is 0. The van der Waals surface area contributed by atoms with Crippen LogP contribution in [-0.2, 0) is 10.8 Å². The van der Waals surface area contributed by atoms with E-state index in [2.05, 4.69) is 170 Å². The standard InChI is InChI=1S/C44H28/c1-3-15-29(16-4-1)41-35-27-43(37-23-11-7-19-31(37)32-20-8-12-24-38(32)43)44(28-36(35)42(41)30-17-5-2-6-18-30)39-25-13-9-21-33(39)34-22-10-14-26-40(34)44/h1-28H. The molecule has 0 bridgehead atoms. The minimum Gasteiger partial charge on any atom is -0.0622 e. The molecule has 0 nitrogen and oxygen atoms in total. The smallest absolute Gasteiger partial charge is 0.0576 e. The molecule has 4 aliphatic carbocycles. The molecule has 0 heteroatoms. The lowest BCUT2D eigenvalue weighted by Gasteiger charge is -2.52. The third kappa shape index (κ3) is 2.75. The van der Waals surface area contributed by atoms with Crippen LogP contribution in [0.3, 0.4) is 0 Å². The molecule has 0 heterocycles. The van der Waals surface area contributed by atoms with Crippen LogP contribution in [0.4, 0.5) is 0 Å². The minimum atomic E-state index is -0.427. The maximum absolute atomic E-state index is 2.67. The molecule has 0 fully saturated rings. The summed E-state index contributed by atoms with van der Waals surface area (Å²) in [4.78, 5) is 0.